The summed E-state index contributed by atoms with van der Waals surface area (Å²) in [7, 11) is 0. The van der Waals surface area contributed by atoms with E-state index >= 15 is 0 Å². The van der Waals surface area contributed by atoms with Gasteiger partial charge in [0.25, 0.3) is 0 Å². The van der Waals surface area contributed by atoms with Crippen LogP contribution in [-0.4, -0.2) is 4.98 Å². The second-order valence-electron chi connectivity index (χ2n) is 4.08. The van der Waals surface area contributed by atoms with Crippen molar-refractivity contribution >= 4 is 10.9 Å². The van der Waals surface area contributed by atoms with E-state index in [2.05, 4.69) is 17.1 Å². The SMILES string of the molecule is N#Cc1ccc(-c2ccc3ccccc3n2)cc1. The number of aromatic nitrogens is 1. The van der Waals surface area contributed by atoms with Crippen molar-refractivity contribution in [2.45, 2.75) is 0 Å². The number of hydrogen-bond donors (Lipinski definition) is 0. The average molecular weight is 230 g/mol. The van der Waals surface area contributed by atoms with Crippen LogP contribution in [0.2, 0.25) is 0 Å². The fourth-order valence-corrected chi connectivity index (χ4v) is 1.94. The van der Waals surface area contributed by atoms with Gasteiger partial charge in [-0.2, -0.15) is 5.26 Å². The van der Waals surface area contributed by atoms with Crippen LogP contribution in [0.15, 0.2) is 60.7 Å². The molecule has 3 aromatic rings. The van der Waals surface area contributed by atoms with E-state index < -0.39 is 0 Å². The number of nitriles is 1. The molecule has 3 rings (SSSR count). The Morgan fingerprint density at radius 1 is 0.833 bits per heavy atom. The zero-order valence-corrected chi connectivity index (χ0v) is 9.67. The number of hydrogen-bond acceptors (Lipinski definition) is 2. The Kier molecular flexibility index (Phi) is 2.51. The Morgan fingerprint density at radius 2 is 1.61 bits per heavy atom. The second-order valence-corrected chi connectivity index (χ2v) is 4.08. The van der Waals surface area contributed by atoms with Crippen molar-refractivity contribution in [3.05, 3.63) is 66.2 Å². The maximum Gasteiger partial charge on any atom is 0.0991 e. The van der Waals surface area contributed by atoms with E-state index in [1.165, 1.54) is 0 Å². The number of rotatable bonds is 1. The highest BCUT2D eigenvalue weighted by molar-refractivity contribution is 5.81. The van der Waals surface area contributed by atoms with Gasteiger partial charge in [0, 0.05) is 10.9 Å². The number of pyridine rings is 1. The third-order valence-corrected chi connectivity index (χ3v) is 2.91. The maximum atomic E-state index is 8.77. The zero-order valence-electron chi connectivity index (χ0n) is 9.67. The molecule has 0 saturated heterocycles. The molecule has 1 heterocycles. The fraction of sp³-hybridized carbons (Fsp3) is 0. The molecular weight excluding hydrogens is 220 g/mol. The van der Waals surface area contributed by atoms with Crippen LogP contribution in [0.4, 0.5) is 0 Å². The quantitative estimate of drug-likeness (QED) is 0.638. The van der Waals surface area contributed by atoms with Crippen molar-refractivity contribution in [3.63, 3.8) is 0 Å². The molecule has 0 fully saturated rings. The molecule has 0 spiro atoms. The highest BCUT2D eigenvalue weighted by Crippen LogP contribution is 2.21. The second kappa shape index (κ2) is 4.31. The number of para-hydroxylation sites is 1. The fourth-order valence-electron chi connectivity index (χ4n) is 1.94. The summed E-state index contributed by atoms with van der Waals surface area (Å²) in [6.45, 7) is 0. The van der Waals surface area contributed by atoms with Crippen LogP contribution in [0, 0.1) is 11.3 Å². The van der Waals surface area contributed by atoms with Crippen molar-refractivity contribution in [3.8, 4) is 17.3 Å². The summed E-state index contributed by atoms with van der Waals surface area (Å²) in [6, 6.07) is 21.7. The van der Waals surface area contributed by atoms with Gasteiger partial charge >= 0.3 is 0 Å². The van der Waals surface area contributed by atoms with Crippen LogP contribution in [0.25, 0.3) is 22.2 Å². The van der Waals surface area contributed by atoms with Crippen molar-refractivity contribution in [1.82, 2.24) is 4.98 Å². The van der Waals surface area contributed by atoms with Gasteiger partial charge in [0.05, 0.1) is 22.8 Å². The van der Waals surface area contributed by atoms with Crippen molar-refractivity contribution in [2.24, 2.45) is 0 Å². The van der Waals surface area contributed by atoms with Crippen molar-refractivity contribution in [2.75, 3.05) is 0 Å². The van der Waals surface area contributed by atoms with Gasteiger partial charge in [-0.1, -0.05) is 36.4 Å². The first kappa shape index (κ1) is 10.5. The Bertz CT molecular complexity index is 737. The maximum absolute atomic E-state index is 8.77. The van der Waals surface area contributed by atoms with E-state index in [9.17, 15) is 0 Å². The van der Waals surface area contributed by atoms with E-state index in [1.807, 2.05) is 54.6 Å². The van der Waals surface area contributed by atoms with E-state index in [-0.39, 0.29) is 0 Å². The third kappa shape index (κ3) is 1.83. The molecule has 2 heteroatoms. The predicted octanol–water partition coefficient (Wildman–Crippen LogP) is 3.77. The van der Waals surface area contributed by atoms with Gasteiger partial charge in [0.2, 0.25) is 0 Å². The topological polar surface area (TPSA) is 36.7 Å². The van der Waals surface area contributed by atoms with E-state index in [0.29, 0.717) is 5.56 Å². The molecule has 0 bridgehead atoms. The Hall–Kier alpha value is -2.66. The van der Waals surface area contributed by atoms with Crippen molar-refractivity contribution in [1.29, 1.82) is 5.26 Å². The Morgan fingerprint density at radius 3 is 2.39 bits per heavy atom. The molecule has 0 saturated carbocycles. The molecule has 0 aliphatic rings. The minimum Gasteiger partial charge on any atom is -0.248 e. The molecule has 0 unspecified atom stereocenters. The van der Waals surface area contributed by atoms with Gasteiger partial charge in [0.1, 0.15) is 0 Å². The van der Waals surface area contributed by atoms with Crippen molar-refractivity contribution < 1.29 is 0 Å². The number of fused-ring (bicyclic) bond motifs is 1. The lowest BCUT2D eigenvalue weighted by molar-refractivity contribution is 1.39. The lowest BCUT2D eigenvalue weighted by atomic mass is 10.1. The van der Waals surface area contributed by atoms with Gasteiger partial charge in [-0.05, 0) is 24.3 Å². The smallest absolute Gasteiger partial charge is 0.0991 e. The number of benzene rings is 2. The largest absolute Gasteiger partial charge is 0.248 e. The molecule has 0 amide bonds. The van der Waals surface area contributed by atoms with Gasteiger partial charge in [-0.15, -0.1) is 0 Å². The molecule has 1 aromatic heterocycles. The summed E-state index contributed by atoms with van der Waals surface area (Å²) in [5, 5.41) is 9.91. The lowest BCUT2D eigenvalue weighted by Crippen LogP contribution is -1.85. The lowest BCUT2D eigenvalue weighted by Gasteiger charge is -2.03. The molecule has 84 valence electrons. The molecule has 0 N–H and O–H groups in total. The molecule has 0 radical (unpaired) electrons. The van der Waals surface area contributed by atoms with Gasteiger partial charge in [-0.3, -0.25) is 0 Å². The molecular formula is C16H10N2. The minimum atomic E-state index is 0.666. The molecule has 2 aromatic carbocycles. The van der Waals surface area contributed by atoms with Gasteiger partial charge < -0.3 is 0 Å². The zero-order chi connectivity index (χ0) is 12.4. The summed E-state index contributed by atoms with van der Waals surface area (Å²) < 4.78 is 0. The first-order chi connectivity index (χ1) is 8.86. The summed E-state index contributed by atoms with van der Waals surface area (Å²) in [5.41, 5.74) is 3.61. The highest BCUT2D eigenvalue weighted by Gasteiger charge is 2.01. The average Bonchev–Trinajstić information content (AvgIpc) is 2.47. The Labute approximate surface area is 105 Å². The highest BCUT2D eigenvalue weighted by atomic mass is 14.7. The van der Waals surface area contributed by atoms with E-state index in [1.54, 1.807) is 0 Å². The van der Waals surface area contributed by atoms with Crippen LogP contribution >= 0.6 is 0 Å². The van der Waals surface area contributed by atoms with Crippen LogP contribution in [0.1, 0.15) is 5.56 Å². The first-order valence-electron chi connectivity index (χ1n) is 5.73. The van der Waals surface area contributed by atoms with Crippen LogP contribution in [0.3, 0.4) is 0 Å². The predicted molar refractivity (Wildman–Crippen MR) is 71.9 cm³/mol. The van der Waals surface area contributed by atoms with Crippen LogP contribution in [0.5, 0.6) is 0 Å². The first-order valence-corrected chi connectivity index (χ1v) is 5.73. The summed E-state index contributed by atoms with van der Waals surface area (Å²) >= 11 is 0. The van der Waals surface area contributed by atoms with E-state index in [4.69, 9.17) is 5.26 Å². The van der Waals surface area contributed by atoms with Crippen LogP contribution < -0.4 is 0 Å². The molecule has 18 heavy (non-hydrogen) atoms. The molecule has 0 atom stereocenters. The standard InChI is InChI=1S/C16H10N2/c17-11-12-5-7-14(8-6-12)16-10-9-13-3-1-2-4-15(13)18-16/h1-10H. The molecule has 2 nitrogen and oxygen atoms in total. The monoisotopic (exact) mass is 230 g/mol. The summed E-state index contributed by atoms with van der Waals surface area (Å²) in [4.78, 5) is 4.62. The minimum absolute atomic E-state index is 0.666. The summed E-state index contributed by atoms with van der Waals surface area (Å²) in [6.07, 6.45) is 0. The van der Waals surface area contributed by atoms with Crippen LogP contribution in [-0.2, 0) is 0 Å². The molecule has 0 aliphatic heterocycles. The van der Waals surface area contributed by atoms with Gasteiger partial charge in [0.15, 0.2) is 0 Å². The Balaban J connectivity index is 2.10. The normalized spacial score (nSPS) is 10.2. The summed E-state index contributed by atoms with van der Waals surface area (Å²) in [5.74, 6) is 0. The molecule has 0 aliphatic carbocycles. The number of nitrogens with zero attached hydrogens (tertiary/aromatic N) is 2. The van der Waals surface area contributed by atoms with E-state index in [0.717, 1.165) is 22.2 Å². The third-order valence-electron chi connectivity index (χ3n) is 2.91. The van der Waals surface area contributed by atoms with Gasteiger partial charge in [-0.25, -0.2) is 4.98 Å².